The molecule has 10 heteroatoms. The molecule has 1 spiro atoms. The predicted molar refractivity (Wildman–Crippen MR) is 149 cm³/mol. The molecule has 1 aromatic heterocycles. The van der Waals surface area contributed by atoms with Crippen LogP contribution in [0.15, 0.2) is 70.5 Å². The molecule has 194 valence electrons. The van der Waals surface area contributed by atoms with Crippen LogP contribution >= 0.6 is 15.9 Å². The molecule has 2 atom stereocenters. The summed E-state index contributed by atoms with van der Waals surface area (Å²) in [6.45, 7) is 6.09. The number of hydrogen-bond acceptors (Lipinski definition) is 8. The molecule has 0 unspecified atom stereocenters. The summed E-state index contributed by atoms with van der Waals surface area (Å²) in [6, 6.07) is 14.8. The maximum absolute atomic E-state index is 14.4. The minimum Gasteiger partial charge on any atom is -0.462 e. The number of hydrazone groups is 1. The predicted octanol–water partition coefficient (Wildman–Crippen LogP) is 4.08. The first kappa shape index (κ1) is 24.5. The van der Waals surface area contributed by atoms with Gasteiger partial charge < -0.3 is 14.5 Å². The third kappa shape index (κ3) is 3.86. The van der Waals surface area contributed by atoms with E-state index in [2.05, 4.69) is 53.9 Å². The van der Waals surface area contributed by atoms with Gasteiger partial charge in [-0.1, -0.05) is 15.9 Å². The first-order chi connectivity index (χ1) is 18.4. The van der Waals surface area contributed by atoms with Gasteiger partial charge in [0.05, 0.1) is 29.6 Å². The normalized spacial score (nSPS) is 22.3. The number of rotatable bonds is 4. The van der Waals surface area contributed by atoms with Gasteiger partial charge in [-0.2, -0.15) is 10.1 Å². The minimum absolute atomic E-state index is 0.0738. The molecule has 9 nitrogen and oxygen atoms in total. The summed E-state index contributed by atoms with van der Waals surface area (Å²) < 4.78 is 6.08. The Hall–Kier alpha value is -3.79. The quantitative estimate of drug-likeness (QED) is 0.433. The van der Waals surface area contributed by atoms with Crippen molar-refractivity contribution in [3.8, 4) is 0 Å². The molecule has 1 amide bonds. The van der Waals surface area contributed by atoms with Crippen molar-refractivity contribution in [3.05, 3.63) is 76.5 Å². The summed E-state index contributed by atoms with van der Waals surface area (Å²) in [5.41, 5.74) is 3.23. The lowest BCUT2D eigenvalue weighted by molar-refractivity contribution is -0.125. The van der Waals surface area contributed by atoms with Gasteiger partial charge in [-0.05, 0) is 74.4 Å². The Morgan fingerprint density at radius 2 is 1.89 bits per heavy atom. The van der Waals surface area contributed by atoms with Gasteiger partial charge >= 0.3 is 5.97 Å². The first-order valence-corrected chi connectivity index (χ1v) is 13.5. The number of hydrogen-bond donors (Lipinski definition) is 0. The van der Waals surface area contributed by atoms with Crippen LogP contribution in [0.5, 0.6) is 0 Å². The molecular weight excluding hydrogens is 548 g/mol. The lowest BCUT2D eigenvalue weighted by Crippen LogP contribution is -2.67. The van der Waals surface area contributed by atoms with Crippen LogP contribution in [0.4, 0.5) is 17.3 Å². The molecule has 3 aromatic rings. The number of nitrogens with zero attached hydrogens (tertiary/aromatic N) is 6. The fourth-order valence-corrected chi connectivity index (χ4v) is 6.28. The highest BCUT2D eigenvalue weighted by atomic mass is 79.9. The zero-order valence-electron chi connectivity index (χ0n) is 21.2. The van der Waals surface area contributed by atoms with Crippen molar-refractivity contribution in [1.82, 2.24) is 9.97 Å². The van der Waals surface area contributed by atoms with Gasteiger partial charge in [0.2, 0.25) is 5.95 Å². The minimum atomic E-state index is -0.860. The molecule has 0 saturated carbocycles. The Balaban J connectivity index is 1.39. The molecule has 0 bridgehead atoms. The number of carbonyl (C=O) groups is 2. The fraction of sp³-hybridized carbons (Fsp3) is 0.321. The molecule has 4 heterocycles. The van der Waals surface area contributed by atoms with E-state index in [1.165, 1.54) is 5.01 Å². The Labute approximate surface area is 229 Å². The molecule has 38 heavy (non-hydrogen) atoms. The van der Waals surface area contributed by atoms with E-state index in [1.54, 1.807) is 49.6 Å². The van der Waals surface area contributed by atoms with Crippen LogP contribution in [0.3, 0.4) is 0 Å². The van der Waals surface area contributed by atoms with E-state index in [0.29, 0.717) is 36.8 Å². The van der Waals surface area contributed by atoms with Crippen molar-refractivity contribution in [2.24, 2.45) is 10.5 Å². The van der Waals surface area contributed by atoms with Gasteiger partial charge in [0.25, 0.3) is 5.91 Å². The number of fused-ring (bicyclic) bond motifs is 4. The summed E-state index contributed by atoms with van der Waals surface area (Å²) in [7, 11) is 0. The molecule has 1 saturated heterocycles. The maximum Gasteiger partial charge on any atom is 0.338 e. The van der Waals surface area contributed by atoms with Crippen molar-refractivity contribution >= 4 is 50.8 Å². The van der Waals surface area contributed by atoms with E-state index >= 15 is 0 Å². The third-order valence-corrected chi connectivity index (χ3v) is 8.19. The first-order valence-electron chi connectivity index (χ1n) is 12.7. The lowest BCUT2D eigenvalue weighted by Gasteiger charge is -2.53. The van der Waals surface area contributed by atoms with Gasteiger partial charge in [0.1, 0.15) is 5.41 Å². The van der Waals surface area contributed by atoms with Crippen LogP contribution in [-0.4, -0.2) is 59.8 Å². The second kappa shape index (κ2) is 9.50. The highest BCUT2D eigenvalue weighted by Crippen LogP contribution is 2.48. The van der Waals surface area contributed by atoms with Crippen LogP contribution in [-0.2, 0) is 16.0 Å². The van der Waals surface area contributed by atoms with Crippen molar-refractivity contribution in [3.63, 3.8) is 0 Å². The molecule has 0 aliphatic carbocycles. The van der Waals surface area contributed by atoms with Crippen molar-refractivity contribution in [1.29, 1.82) is 0 Å². The molecule has 3 aliphatic heterocycles. The number of piperazine rings is 1. The van der Waals surface area contributed by atoms with Gasteiger partial charge in [-0.15, -0.1) is 0 Å². The summed E-state index contributed by atoms with van der Waals surface area (Å²) in [5, 5.41) is 6.30. The molecule has 0 N–H and O–H groups in total. The monoisotopic (exact) mass is 574 g/mol. The number of amides is 1. The van der Waals surface area contributed by atoms with Gasteiger partial charge in [0.15, 0.2) is 0 Å². The van der Waals surface area contributed by atoms with E-state index in [4.69, 9.17) is 9.84 Å². The summed E-state index contributed by atoms with van der Waals surface area (Å²) >= 11 is 3.62. The number of esters is 1. The zero-order valence-corrected chi connectivity index (χ0v) is 22.8. The smallest absolute Gasteiger partial charge is 0.338 e. The van der Waals surface area contributed by atoms with Crippen LogP contribution in [0.2, 0.25) is 0 Å². The lowest BCUT2D eigenvalue weighted by atomic mass is 9.67. The standard InChI is InChI=1S/C28H27BrN6O3/c1-3-38-25(36)19-5-8-22(9-6-19)35-26(37)28(18(2)32-35)16-20-15-21(29)7-10-23(20)34-14-13-33(17-24(28)34)27-30-11-4-12-31-27/h4-12,15,24H,3,13-14,16-17H2,1-2H3/t24-,28+/m1/s1. The van der Waals surface area contributed by atoms with Gasteiger partial charge in [0, 0.05) is 42.2 Å². The topological polar surface area (TPSA) is 91.2 Å². The van der Waals surface area contributed by atoms with E-state index in [-0.39, 0.29) is 11.9 Å². The largest absolute Gasteiger partial charge is 0.462 e. The second-order valence-corrected chi connectivity index (χ2v) is 10.6. The highest BCUT2D eigenvalue weighted by Gasteiger charge is 2.60. The van der Waals surface area contributed by atoms with Gasteiger partial charge in [-0.3, -0.25) is 4.79 Å². The maximum atomic E-state index is 14.4. The number of halogens is 1. The Morgan fingerprint density at radius 1 is 1.13 bits per heavy atom. The van der Waals surface area contributed by atoms with Crippen LogP contribution in [0.1, 0.15) is 29.8 Å². The Bertz CT molecular complexity index is 1430. The SMILES string of the molecule is CCOC(=O)c1ccc(N2N=C(C)[C@]3(Cc4cc(Br)ccc4N4CCN(c5ncccn5)C[C@@H]43)C2=O)cc1. The fourth-order valence-electron chi connectivity index (χ4n) is 5.87. The Morgan fingerprint density at radius 3 is 2.63 bits per heavy atom. The number of anilines is 3. The Kier molecular flexibility index (Phi) is 6.14. The second-order valence-electron chi connectivity index (χ2n) is 9.69. The molecule has 6 rings (SSSR count). The van der Waals surface area contributed by atoms with E-state index in [1.807, 2.05) is 6.92 Å². The summed E-state index contributed by atoms with van der Waals surface area (Å²) in [5.74, 6) is 0.198. The van der Waals surface area contributed by atoms with Crippen LogP contribution in [0, 0.1) is 5.41 Å². The van der Waals surface area contributed by atoms with Crippen molar-refractivity contribution in [2.75, 3.05) is 41.0 Å². The molecule has 0 radical (unpaired) electrons. The van der Waals surface area contributed by atoms with E-state index in [9.17, 15) is 9.59 Å². The average Bonchev–Trinajstić information content (AvgIpc) is 3.19. The van der Waals surface area contributed by atoms with E-state index < -0.39 is 11.4 Å². The van der Waals surface area contributed by atoms with Crippen molar-refractivity contribution < 1.29 is 14.3 Å². The number of benzene rings is 2. The van der Waals surface area contributed by atoms with Crippen LogP contribution < -0.4 is 14.8 Å². The molecule has 2 aromatic carbocycles. The number of ether oxygens (including phenoxy) is 1. The van der Waals surface area contributed by atoms with E-state index in [0.717, 1.165) is 34.5 Å². The third-order valence-electron chi connectivity index (χ3n) is 7.70. The average molecular weight is 575 g/mol. The zero-order chi connectivity index (χ0) is 26.4. The summed E-state index contributed by atoms with van der Waals surface area (Å²) in [4.78, 5) is 40.0. The van der Waals surface area contributed by atoms with Crippen molar-refractivity contribution in [2.45, 2.75) is 26.3 Å². The highest BCUT2D eigenvalue weighted by molar-refractivity contribution is 9.10. The molecule has 3 aliphatic rings. The molecule has 1 fully saturated rings. The van der Waals surface area contributed by atoms with Crippen LogP contribution in [0.25, 0.3) is 0 Å². The molecular formula is C28H27BrN6O3. The number of carbonyl (C=O) groups excluding carboxylic acids is 2. The number of aromatic nitrogens is 2. The summed E-state index contributed by atoms with van der Waals surface area (Å²) in [6.07, 6.45) is 4.03. The van der Waals surface area contributed by atoms with Gasteiger partial charge in [-0.25, -0.2) is 14.8 Å².